The van der Waals surface area contributed by atoms with Crippen LogP contribution in [0.3, 0.4) is 0 Å². The number of benzene rings is 1. The third kappa shape index (κ3) is 3.94. The van der Waals surface area contributed by atoms with Gasteiger partial charge < -0.3 is 9.15 Å². The van der Waals surface area contributed by atoms with Gasteiger partial charge in [-0.3, -0.25) is 0 Å². The van der Waals surface area contributed by atoms with Crippen molar-refractivity contribution >= 4 is 23.4 Å². The number of nitrogens with zero attached hydrogens (tertiary/aromatic N) is 2. The van der Waals surface area contributed by atoms with Crippen LogP contribution >= 0.6 is 11.3 Å². The van der Waals surface area contributed by atoms with Gasteiger partial charge in [0.15, 0.2) is 6.10 Å². The molecule has 0 saturated heterocycles. The van der Waals surface area contributed by atoms with Gasteiger partial charge in [-0.25, -0.2) is 9.18 Å². The minimum atomic E-state index is -0.684. The highest BCUT2D eigenvalue weighted by molar-refractivity contribution is 7.13. The first-order valence-corrected chi connectivity index (χ1v) is 8.01. The normalized spacial score (nSPS) is 12.4. The van der Waals surface area contributed by atoms with Crippen molar-refractivity contribution in [3.05, 3.63) is 65.1 Å². The third-order valence-corrected chi connectivity index (χ3v) is 3.93. The Labute approximate surface area is 141 Å². The Hall–Kier alpha value is -2.80. The lowest BCUT2D eigenvalue weighted by atomic mass is 10.2. The molecule has 3 aromatic rings. The number of carbonyl (C=O) groups is 1. The van der Waals surface area contributed by atoms with Crippen LogP contribution in [0.2, 0.25) is 0 Å². The maximum absolute atomic E-state index is 13.1. The summed E-state index contributed by atoms with van der Waals surface area (Å²) in [6.45, 7) is 1.64. The highest BCUT2D eigenvalue weighted by atomic mass is 32.1. The summed E-state index contributed by atoms with van der Waals surface area (Å²) in [7, 11) is 0. The van der Waals surface area contributed by atoms with E-state index >= 15 is 0 Å². The van der Waals surface area contributed by atoms with Gasteiger partial charge in [0.1, 0.15) is 5.82 Å². The molecule has 1 atom stereocenters. The van der Waals surface area contributed by atoms with E-state index in [1.807, 2.05) is 17.5 Å². The summed E-state index contributed by atoms with van der Waals surface area (Å²) in [6.07, 6.45) is 2.01. The Kier molecular flexibility index (Phi) is 4.81. The monoisotopic (exact) mass is 344 g/mol. The Morgan fingerprint density at radius 3 is 2.96 bits per heavy atom. The molecule has 0 fully saturated rings. The minimum Gasteiger partial charge on any atom is -0.449 e. The summed E-state index contributed by atoms with van der Waals surface area (Å²) in [4.78, 5) is 12.7. The summed E-state index contributed by atoms with van der Waals surface area (Å²) in [5.74, 6) is -0.349. The molecule has 2 aromatic heterocycles. The summed E-state index contributed by atoms with van der Waals surface area (Å²) < 4.78 is 23.8. The number of rotatable bonds is 5. The fourth-order valence-electron chi connectivity index (χ4n) is 1.94. The standard InChI is InChI=1S/C17H13FN2O3S/c1-11(16-19-20-17(23-16)14-6-3-9-24-14)22-15(21)8-7-12-4-2-5-13(18)10-12/h2-11H,1H3/b8-7+/t11-/m0/s1. The maximum Gasteiger partial charge on any atom is 0.331 e. The first-order chi connectivity index (χ1) is 11.6. The minimum absolute atomic E-state index is 0.214. The van der Waals surface area contributed by atoms with Crippen molar-refractivity contribution in [3.63, 3.8) is 0 Å². The van der Waals surface area contributed by atoms with Crippen LogP contribution in [0.1, 0.15) is 24.5 Å². The Bertz CT molecular complexity index is 858. The molecular weight excluding hydrogens is 331 g/mol. The molecule has 122 valence electrons. The van der Waals surface area contributed by atoms with Crippen molar-refractivity contribution in [2.75, 3.05) is 0 Å². The first kappa shape index (κ1) is 16.1. The molecule has 0 aliphatic carbocycles. The van der Waals surface area contributed by atoms with Gasteiger partial charge >= 0.3 is 5.97 Å². The summed E-state index contributed by atoms with van der Waals surface area (Å²) in [5, 5.41) is 9.73. The molecule has 1 aromatic carbocycles. The number of hydrogen-bond donors (Lipinski definition) is 0. The molecule has 0 aliphatic heterocycles. The van der Waals surface area contributed by atoms with E-state index in [4.69, 9.17) is 9.15 Å². The SMILES string of the molecule is C[C@H](OC(=O)/C=C/c1cccc(F)c1)c1nnc(-c2cccs2)o1. The van der Waals surface area contributed by atoms with Crippen molar-refractivity contribution in [1.29, 1.82) is 0 Å². The number of hydrogen-bond acceptors (Lipinski definition) is 6. The lowest BCUT2D eigenvalue weighted by Gasteiger charge is -2.06. The second-order valence-electron chi connectivity index (χ2n) is 4.89. The van der Waals surface area contributed by atoms with E-state index < -0.39 is 12.1 Å². The zero-order valence-corrected chi connectivity index (χ0v) is 13.5. The number of aromatic nitrogens is 2. The van der Waals surface area contributed by atoms with Crippen molar-refractivity contribution in [2.45, 2.75) is 13.0 Å². The van der Waals surface area contributed by atoms with Gasteiger partial charge in [-0.1, -0.05) is 18.2 Å². The fraction of sp³-hybridized carbons (Fsp3) is 0.118. The molecule has 0 N–H and O–H groups in total. The smallest absolute Gasteiger partial charge is 0.331 e. The zero-order chi connectivity index (χ0) is 16.9. The van der Waals surface area contributed by atoms with Crippen molar-refractivity contribution in [3.8, 4) is 10.8 Å². The van der Waals surface area contributed by atoms with E-state index in [0.29, 0.717) is 11.5 Å². The van der Waals surface area contributed by atoms with Gasteiger partial charge in [0.25, 0.3) is 11.8 Å². The fourth-order valence-corrected chi connectivity index (χ4v) is 2.58. The second kappa shape index (κ2) is 7.18. The van der Waals surface area contributed by atoms with Gasteiger partial charge in [0.2, 0.25) is 0 Å². The molecule has 0 spiro atoms. The van der Waals surface area contributed by atoms with Gasteiger partial charge in [0.05, 0.1) is 4.88 Å². The second-order valence-corrected chi connectivity index (χ2v) is 5.84. The molecule has 0 amide bonds. The van der Waals surface area contributed by atoms with Crippen molar-refractivity contribution < 1.29 is 18.3 Å². The Balaban J connectivity index is 1.62. The topological polar surface area (TPSA) is 65.2 Å². The van der Waals surface area contributed by atoms with E-state index in [1.54, 1.807) is 19.1 Å². The molecule has 24 heavy (non-hydrogen) atoms. The average molecular weight is 344 g/mol. The van der Waals surface area contributed by atoms with Crippen molar-refractivity contribution in [2.24, 2.45) is 0 Å². The summed E-state index contributed by atoms with van der Waals surface area (Å²) in [5.41, 5.74) is 0.567. The average Bonchev–Trinajstić information content (AvgIpc) is 3.24. The number of ether oxygens (including phenoxy) is 1. The Morgan fingerprint density at radius 1 is 1.33 bits per heavy atom. The Morgan fingerprint density at radius 2 is 2.21 bits per heavy atom. The number of thiophene rings is 1. The van der Waals surface area contributed by atoms with E-state index in [9.17, 15) is 9.18 Å². The van der Waals surface area contributed by atoms with E-state index in [2.05, 4.69) is 10.2 Å². The molecular formula is C17H13FN2O3S. The van der Waals surface area contributed by atoms with Crippen LogP contribution in [0.5, 0.6) is 0 Å². The van der Waals surface area contributed by atoms with Crippen LogP contribution in [0.15, 0.2) is 52.3 Å². The van der Waals surface area contributed by atoms with Gasteiger partial charge in [-0.15, -0.1) is 21.5 Å². The predicted octanol–water partition coefficient (Wildman–Crippen LogP) is 4.25. The van der Waals surface area contributed by atoms with Gasteiger partial charge in [0, 0.05) is 6.08 Å². The highest BCUT2D eigenvalue weighted by Gasteiger charge is 2.18. The molecule has 3 rings (SSSR count). The van der Waals surface area contributed by atoms with Gasteiger partial charge in [-0.2, -0.15) is 0 Å². The van der Waals surface area contributed by atoms with Crippen LogP contribution in [-0.4, -0.2) is 16.2 Å². The molecule has 2 heterocycles. The largest absolute Gasteiger partial charge is 0.449 e. The zero-order valence-electron chi connectivity index (χ0n) is 12.7. The van der Waals surface area contributed by atoms with Crippen LogP contribution in [-0.2, 0) is 9.53 Å². The highest BCUT2D eigenvalue weighted by Crippen LogP contribution is 2.25. The molecule has 0 unspecified atom stereocenters. The summed E-state index contributed by atoms with van der Waals surface area (Å²) >= 11 is 1.48. The van der Waals surface area contributed by atoms with Crippen molar-refractivity contribution in [1.82, 2.24) is 10.2 Å². The van der Waals surface area contributed by atoms with Crippen LogP contribution in [0.4, 0.5) is 4.39 Å². The number of carbonyl (C=O) groups excluding carboxylic acids is 1. The van der Waals surface area contributed by atoms with Crippen LogP contribution in [0.25, 0.3) is 16.8 Å². The third-order valence-electron chi connectivity index (χ3n) is 3.07. The van der Waals surface area contributed by atoms with E-state index in [0.717, 1.165) is 4.88 Å². The molecule has 5 nitrogen and oxygen atoms in total. The quantitative estimate of drug-likeness (QED) is 0.511. The van der Waals surface area contributed by atoms with E-state index in [-0.39, 0.29) is 11.7 Å². The predicted molar refractivity (Wildman–Crippen MR) is 87.6 cm³/mol. The molecule has 0 saturated carbocycles. The van der Waals surface area contributed by atoms with Crippen LogP contribution in [0, 0.1) is 5.82 Å². The number of halogens is 1. The molecule has 7 heteroatoms. The lowest BCUT2D eigenvalue weighted by molar-refractivity contribution is -0.143. The molecule has 0 radical (unpaired) electrons. The molecule has 0 bridgehead atoms. The lowest BCUT2D eigenvalue weighted by Crippen LogP contribution is -2.06. The number of esters is 1. The van der Waals surface area contributed by atoms with Gasteiger partial charge in [-0.05, 0) is 42.1 Å². The maximum atomic E-state index is 13.1. The van der Waals surface area contributed by atoms with E-state index in [1.165, 1.54) is 35.6 Å². The summed E-state index contributed by atoms with van der Waals surface area (Å²) in [6, 6.07) is 9.64. The van der Waals surface area contributed by atoms with Crippen LogP contribution < -0.4 is 0 Å². The molecule has 0 aliphatic rings. The first-order valence-electron chi connectivity index (χ1n) is 7.13.